The van der Waals surface area contributed by atoms with Gasteiger partial charge >= 0.3 is 11.9 Å². The van der Waals surface area contributed by atoms with Crippen molar-refractivity contribution in [2.24, 2.45) is 0 Å². The highest BCUT2D eigenvalue weighted by molar-refractivity contribution is 9.10. The number of anilines is 2. The maximum atomic E-state index is 12.4. The first-order valence-electron chi connectivity index (χ1n) is 14.3. The second kappa shape index (κ2) is 20.3. The van der Waals surface area contributed by atoms with E-state index in [-0.39, 0.29) is 24.0 Å². The quantitative estimate of drug-likeness (QED) is 0.123. The minimum absolute atomic E-state index is 0.0280. The van der Waals surface area contributed by atoms with E-state index in [1.807, 2.05) is 12.1 Å². The van der Waals surface area contributed by atoms with Crippen LogP contribution in [-0.4, -0.2) is 64.5 Å². The summed E-state index contributed by atoms with van der Waals surface area (Å²) in [6.45, 7) is 3.27. The number of nitrogens with zero attached hydrogens (tertiary/aromatic N) is 3. The molecule has 0 spiro atoms. The van der Waals surface area contributed by atoms with Crippen LogP contribution in [0.3, 0.4) is 0 Å². The topological polar surface area (TPSA) is 162 Å². The number of rotatable bonds is 11. The van der Waals surface area contributed by atoms with Crippen LogP contribution in [0.25, 0.3) is 0 Å². The van der Waals surface area contributed by atoms with Crippen LogP contribution < -0.4 is 9.03 Å². The van der Waals surface area contributed by atoms with Crippen LogP contribution in [-0.2, 0) is 41.4 Å². The third-order valence-corrected chi connectivity index (χ3v) is 10.8. The predicted octanol–water partition coefficient (Wildman–Crippen LogP) is 6.96. The molecule has 2 aromatic heterocycles. The third-order valence-electron chi connectivity index (χ3n) is 6.21. The van der Waals surface area contributed by atoms with Gasteiger partial charge in [0.15, 0.2) is 0 Å². The van der Waals surface area contributed by atoms with Gasteiger partial charge < -0.3 is 9.47 Å². The summed E-state index contributed by atoms with van der Waals surface area (Å²) in [5, 5.41) is 0.689. The van der Waals surface area contributed by atoms with Crippen LogP contribution in [0.15, 0.2) is 94.1 Å². The zero-order valence-corrected chi connectivity index (χ0v) is 33.4. The van der Waals surface area contributed by atoms with Gasteiger partial charge in [-0.3, -0.25) is 19.0 Å². The van der Waals surface area contributed by atoms with Crippen molar-refractivity contribution in [3.05, 3.63) is 117 Å². The maximum Gasteiger partial charge on any atom is 0.339 e. The monoisotopic (exact) mass is 904 g/mol. The first-order valence-corrected chi connectivity index (χ1v) is 20.3. The number of halogens is 3. The molecular weight excluding hydrogens is 872 g/mol. The first-order chi connectivity index (χ1) is 23.2. The number of aromatic nitrogens is 2. The molecule has 2 aromatic carbocycles. The molecule has 0 amide bonds. The predicted molar refractivity (Wildman–Crippen MR) is 201 cm³/mol. The molecule has 12 nitrogen and oxygen atoms in total. The average Bonchev–Trinajstić information content (AvgIpc) is 3.10. The number of methoxy groups -OCH3 is 2. The Morgan fingerprint density at radius 1 is 0.755 bits per heavy atom. The fourth-order valence-electron chi connectivity index (χ4n) is 3.59. The lowest BCUT2D eigenvalue weighted by molar-refractivity contribution is 0.0591. The van der Waals surface area contributed by atoms with Gasteiger partial charge in [-0.1, -0.05) is 59.9 Å². The summed E-state index contributed by atoms with van der Waals surface area (Å²) >= 11 is 9.86. The fourth-order valence-corrected chi connectivity index (χ4v) is 6.41. The van der Waals surface area contributed by atoms with Crippen LogP contribution >= 0.6 is 47.8 Å². The molecule has 0 radical (unpaired) electrons. The average molecular weight is 907 g/mol. The van der Waals surface area contributed by atoms with Crippen molar-refractivity contribution in [3.63, 3.8) is 0 Å². The number of carbonyl (C=O) groups is 2. The van der Waals surface area contributed by atoms with Crippen molar-refractivity contribution in [1.82, 2.24) is 9.97 Å². The van der Waals surface area contributed by atoms with Crippen LogP contribution in [0, 0.1) is 0 Å². The maximum absolute atomic E-state index is 12.4. The molecule has 0 saturated heterocycles. The van der Waals surface area contributed by atoms with Crippen molar-refractivity contribution >= 4 is 91.1 Å². The Hall–Kier alpha value is -3.38. The number of sulfonamides is 2. The van der Waals surface area contributed by atoms with E-state index in [4.69, 9.17) is 0 Å². The van der Waals surface area contributed by atoms with Gasteiger partial charge in [0.2, 0.25) is 20.0 Å². The van der Waals surface area contributed by atoms with Crippen LogP contribution in [0.5, 0.6) is 0 Å². The van der Waals surface area contributed by atoms with Gasteiger partial charge in [-0.05, 0) is 74.5 Å². The second-order valence-corrected chi connectivity index (χ2v) is 16.2. The number of hydrogen-bond donors (Lipinski definition) is 1. The number of carbonyl (C=O) groups excluding carboxylic acids is 2. The molecule has 0 atom stereocenters. The molecule has 264 valence electrons. The molecule has 49 heavy (non-hydrogen) atoms. The minimum atomic E-state index is -3.48. The number of pyridine rings is 2. The SMILES string of the molecule is CCS(=O)(=O)N(Cc1ccc(C(=O)OC)cn1)c1cccc(Br)c1.CCS(=O)(=O)Nc1cccc(Br)c1.COC(=O)c1ccc(CBr)nc1. The highest BCUT2D eigenvalue weighted by Crippen LogP contribution is 2.24. The lowest BCUT2D eigenvalue weighted by atomic mass is 10.2. The number of ether oxygens (including phenoxy) is 2. The molecule has 17 heteroatoms. The summed E-state index contributed by atoms with van der Waals surface area (Å²) < 4.78 is 61.7. The molecule has 0 aliphatic carbocycles. The Morgan fingerprint density at radius 3 is 1.71 bits per heavy atom. The van der Waals surface area contributed by atoms with Gasteiger partial charge in [0, 0.05) is 32.4 Å². The van der Waals surface area contributed by atoms with Crippen molar-refractivity contribution in [2.45, 2.75) is 25.7 Å². The number of esters is 2. The number of benzene rings is 2. The fraction of sp³-hybridized carbons (Fsp3) is 0.250. The standard InChI is InChI=1S/C16H17BrN2O4S.C8H10BrNO2S.C8H8BrNO2/c1-3-24(21,22)19(15-6-4-5-13(17)9-15)11-14-8-7-12(10-18-14)16(20)23-2;1-2-13(11,12)10-8-5-3-4-7(9)6-8;1-12-8(11)6-2-3-7(4-9)10-5-6/h4-10H,3,11H2,1-2H3;3-6,10H,2H2,1H3;2-3,5H,4H2,1H3. The molecule has 0 bridgehead atoms. The van der Waals surface area contributed by atoms with E-state index < -0.39 is 26.0 Å². The number of alkyl halides is 1. The highest BCUT2D eigenvalue weighted by Gasteiger charge is 2.22. The number of nitrogens with one attached hydrogen (secondary N) is 1. The molecule has 0 aliphatic rings. The molecule has 4 aromatic rings. The van der Waals surface area contributed by atoms with Gasteiger partial charge in [-0.2, -0.15) is 0 Å². The summed E-state index contributed by atoms with van der Waals surface area (Å²) in [7, 11) is -4.00. The Labute approximate surface area is 312 Å². The smallest absolute Gasteiger partial charge is 0.339 e. The summed E-state index contributed by atoms with van der Waals surface area (Å²) in [6.07, 6.45) is 2.88. The molecule has 0 fully saturated rings. The Kier molecular flexibility index (Phi) is 17.3. The molecule has 0 unspecified atom stereocenters. The van der Waals surface area contributed by atoms with E-state index in [0.29, 0.717) is 33.5 Å². The van der Waals surface area contributed by atoms with Crippen LogP contribution in [0.1, 0.15) is 46.0 Å². The molecular formula is C32H35Br3N4O8S2. The van der Waals surface area contributed by atoms with Crippen LogP contribution in [0.4, 0.5) is 11.4 Å². The van der Waals surface area contributed by atoms with Crippen molar-refractivity contribution in [1.29, 1.82) is 0 Å². The van der Waals surface area contributed by atoms with Gasteiger partial charge in [-0.25, -0.2) is 26.4 Å². The zero-order valence-electron chi connectivity index (χ0n) is 27.0. The van der Waals surface area contributed by atoms with Gasteiger partial charge in [0.1, 0.15) is 0 Å². The van der Waals surface area contributed by atoms with Crippen LogP contribution in [0.2, 0.25) is 0 Å². The Balaban J connectivity index is 0.000000281. The first kappa shape index (κ1) is 41.8. The normalized spacial score (nSPS) is 10.8. The van der Waals surface area contributed by atoms with E-state index in [1.54, 1.807) is 74.5 Å². The van der Waals surface area contributed by atoms with Crippen molar-refractivity contribution in [3.8, 4) is 0 Å². The largest absolute Gasteiger partial charge is 0.465 e. The molecule has 0 saturated carbocycles. The van der Waals surface area contributed by atoms with Crippen molar-refractivity contribution in [2.75, 3.05) is 34.8 Å². The van der Waals surface area contributed by atoms with Gasteiger partial charge in [0.05, 0.1) is 60.5 Å². The van der Waals surface area contributed by atoms with E-state index in [9.17, 15) is 26.4 Å². The zero-order chi connectivity index (χ0) is 36.6. The highest BCUT2D eigenvalue weighted by atomic mass is 79.9. The number of hydrogen-bond acceptors (Lipinski definition) is 10. The lowest BCUT2D eigenvalue weighted by Gasteiger charge is -2.23. The van der Waals surface area contributed by atoms with E-state index in [1.165, 1.54) is 30.9 Å². The molecule has 0 aliphatic heterocycles. The Bertz CT molecular complexity index is 1900. The minimum Gasteiger partial charge on any atom is -0.465 e. The summed E-state index contributed by atoms with van der Waals surface area (Å²) in [5.41, 5.74) is 3.33. The second-order valence-electron chi connectivity index (χ2n) is 9.60. The summed E-state index contributed by atoms with van der Waals surface area (Å²) in [4.78, 5) is 30.6. The van der Waals surface area contributed by atoms with E-state index in [2.05, 4.69) is 72.0 Å². The Morgan fingerprint density at radius 2 is 1.29 bits per heavy atom. The van der Waals surface area contributed by atoms with Gasteiger partial charge in [-0.15, -0.1) is 0 Å². The molecule has 1 N–H and O–H groups in total. The van der Waals surface area contributed by atoms with Gasteiger partial charge in [0.25, 0.3) is 0 Å². The summed E-state index contributed by atoms with van der Waals surface area (Å²) in [6, 6.07) is 20.7. The lowest BCUT2D eigenvalue weighted by Crippen LogP contribution is -2.32. The summed E-state index contributed by atoms with van der Waals surface area (Å²) in [5.74, 6) is -0.790. The van der Waals surface area contributed by atoms with Crippen molar-refractivity contribution < 1.29 is 35.9 Å². The third kappa shape index (κ3) is 14.2. The van der Waals surface area contributed by atoms with E-state index in [0.717, 1.165) is 14.6 Å². The van der Waals surface area contributed by atoms with E-state index >= 15 is 0 Å². The molecule has 2 heterocycles. The molecule has 4 rings (SSSR count).